The third kappa shape index (κ3) is 3.97. The van der Waals surface area contributed by atoms with Crippen molar-refractivity contribution in [3.8, 4) is 27.6 Å². The van der Waals surface area contributed by atoms with Crippen molar-refractivity contribution < 1.29 is 9.13 Å². The van der Waals surface area contributed by atoms with Crippen LogP contribution in [0.3, 0.4) is 0 Å². The number of aryl methyl sites for hydroxylation is 2. The summed E-state index contributed by atoms with van der Waals surface area (Å²) in [6.07, 6.45) is 3.66. The fourth-order valence-electron chi connectivity index (χ4n) is 4.92. The molecule has 2 aromatic carbocycles. The Labute approximate surface area is 221 Å². The summed E-state index contributed by atoms with van der Waals surface area (Å²) >= 11 is 1.43. The number of halogens is 1. The number of ether oxygens (including phenoxy) is 1. The van der Waals surface area contributed by atoms with Crippen LogP contribution in [0.4, 0.5) is 4.39 Å². The van der Waals surface area contributed by atoms with Crippen molar-refractivity contribution >= 4 is 21.6 Å². The quantitative estimate of drug-likeness (QED) is 0.358. The molecule has 1 saturated heterocycles. The zero-order valence-electron chi connectivity index (χ0n) is 21.2. The molecule has 0 atom stereocenters. The van der Waals surface area contributed by atoms with Crippen LogP contribution in [0.1, 0.15) is 11.3 Å². The largest absolute Gasteiger partial charge is 0.495 e. The van der Waals surface area contributed by atoms with Crippen molar-refractivity contribution in [2.24, 2.45) is 5.92 Å². The number of hydrogen-bond acceptors (Lipinski definition) is 6. The van der Waals surface area contributed by atoms with Gasteiger partial charge in [0, 0.05) is 36.6 Å². The fraction of sp³-hybridized carbons (Fsp3) is 0.250. The van der Waals surface area contributed by atoms with Gasteiger partial charge in [0.1, 0.15) is 16.4 Å². The fourth-order valence-corrected chi connectivity index (χ4v) is 6.22. The molecule has 3 aromatic heterocycles. The molecule has 5 aromatic rings. The number of imidazole rings is 1. The van der Waals surface area contributed by atoms with E-state index >= 15 is 0 Å². The molecule has 1 aliphatic heterocycles. The summed E-state index contributed by atoms with van der Waals surface area (Å²) in [6, 6.07) is 11.3. The third-order valence-electron chi connectivity index (χ3n) is 7.04. The van der Waals surface area contributed by atoms with E-state index in [-0.39, 0.29) is 0 Å². The van der Waals surface area contributed by atoms with Crippen molar-refractivity contribution in [3.05, 3.63) is 92.9 Å². The van der Waals surface area contributed by atoms with E-state index in [0.29, 0.717) is 34.1 Å². The maximum atomic E-state index is 13.8. The molecule has 0 aliphatic carbocycles. The summed E-state index contributed by atoms with van der Waals surface area (Å²) < 4.78 is 24.1. The molecular formula is C28H26FN5O3S. The van der Waals surface area contributed by atoms with Crippen LogP contribution in [0.2, 0.25) is 0 Å². The zero-order valence-corrected chi connectivity index (χ0v) is 22.0. The zero-order chi connectivity index (χ0) is 26.6. The minimum Gasteiger partial charge on any atom is -0.495 e. The lowest BCUT2D eigenvalue weighted by atomic mass is 10.0. The molecule has 10 heteroatoms. The molecule has 0 saturated carbocycles. The minimum atomic E-state index is -0.430. The van der Waals surface area contributed by atoms with Crippen molar-refractivity contribution in [1.29, 1.82) is 0 Å². The summed E-state index contributed by atoms with van der Waals surface area (Å²) in [7, 11) is 1.62. The van der Waals surface area contributed by atoms with Crippen LogP contribution < -0.4 is 21.3 Å². The lowest BCUT2D eigenvalue weighted by Crippen LogP contribution is -2.47. The van der Waals surface area contributed by atoms with Gasteiger partial charge in [-0.2, -0.15) is 0 Å². The summed E-state index contributed by atoms with van der Waals surface area (Å²) in [5.41, 5.74) is 2.95. The molecule has 8 nitrogen and oxygen atoms in total. The predicted octanol–water partition coefficient (Wildman–Crippen LogP) is 4.05. The van der Waals surface area contributed by atoms with Gasteiger partial charge in [0.05, 0.1) is 35.9 Å². The molecule has 1 aliphatic rings. The first-order valence-corrected chi connectivity index (χ1v) is 13.1. The van der Waals surface area contributed by atoms with E-state index in [2.05, 4.69) is 10.3 Å². The second kappa shape index (κ2) is 9.38. The van der Waals surface area contributed by atoms with E-state index in [9.17, 15) is 14.0 Å². The molecule has 0 unspecified atom stereocenters. The molecule has 1 fully saturated rings. The molecule has 0 spiro atoms. The van der Waals surface area contributed by atoms with Gasteiger partial charge in [-0.05, 0) is 61.4 Å². The topological polar surface area (TPSA) is 83.1 Å². The van der Waals surface area contributed by atoms with Gasteiger partial charge in [-0.1, -0.05) is 6.07 Å². The summed E-state index contributed by atoms with van der Waals surface area (Å²) in [5, 5.41) is 3.74. The third-order valence-corrected chi connectivity index (χ3v) is 8.40. The van der Waals surface area contributed by atoms with E-state index in [4.69, 9.17) is 4.74 Å². The van der Waals surface area contributed by atoms with Crippen molar-refractivity contribution in [3.63, 3.8) is 0 Å². The van der Waals surface area contributed by atoms with Crippen LogP contribution >= 0.6 is 11.3 Å². The number of fused-ring (bicyclic) bond motifs is 1. The number of thiophene rings is 1. The van der Waals surface area contributed by atoms with Gasteiger partial charge in [0.25, 0.3) is 5.56 Å². The Morgan fingerprint density at radius 2 is 1.89 bits per heavy atom. The Morgan fingerprint density at radius 1 is 1.13 bits per heavy atom. The van der Waals surface area contributed by atoms with Gasteiger partial charge < -0.3 is 14.6 Å². The number of aromatic nitrogens is 4. The molecular weight excluding hydrogens is 505 g/mol. The first-order valence-electron chi connectivity index (χ1n) is 12.3. The van der Waals surface area contributed by atoms with Crippen LogP contribution in [-0.4, -0.2) is 38.9 Å². The van der Waals surface area contributed by atoms with Crippen LogP contribution in [0.15, 0.2) is 64.6 Å². The molecule has 6 rings (SSSR count). The second-order valence-corrected chi connectivity index (χ2v) is 10.6. The predicted molar refractivity (Wildman–Crippen MR) is 147 cm³/mol. The Morgan fingerprint density at radius 3 is 2.53 bits per heavy atom. The number of methoxy groups -OCH3 is 1. The highest BCUT2D eigenvalue weighted by molar-refractivity contribution is 7.22. The second-order valence-electron chi connectivity index (χ2n) is 9.58. The van der Waals surface area contributed by atoms with Gasteiger partial charge in [-0.25, -0.2) is 18.7 Å². The first-order chi connectivity index (χ1) is 18.4. The van der Waals surface area contributed by atoms with Crippen molar-refractivity contribution in [1.82, 2.24) is 24.0 Å². The first kappa shape index (κ1) is 24.3. The highest BCUT2D eigenvalue weighted by Crippen LogP contribution is 2.39. The highest BCUT2D eigenvalue weighted by atomic mass is 32.1. The van der Waals surface area contributed by atoms with Gasteiger partial charge in [0.2, 0.25) is 0 Å². The van der Waals surface area contributed by atoms with Gasteiger partial charge in [-0.15, -0.1) is 11.3 Å². The SMILES string of the molecule is COc1cc(-c2sc3c(c2C)c(=O)n(-c2ccc(F)cc2)c(=O)n3CC2CNC2)ccc1-n1cnc(C)c1. The average molecular weight is 532 g/mol. The minimum absolute atomic E-state index is 0.291. The number of benzene rings is 2. The Kier molecular flexibility index (Phi) is 6.00. The van der Waals surface area contributed by atoms with Crippen LogP contribution in [0.25, 0.3) is 32.0 Å². The number of hydrogen-bond donors (Lipinski definition) is 1. The van der Waals surface area contributed by atoms with Crippen molar-refractivity contribution in [2.75, 3.05) is 20.2 Å². The maximum Gasteiger partial charge on any atom is 0.336 e. The molecule has 0 radical (unpaired) electrons. The monoisotopic (exact) mass is 531 g/mol. The van der Waals surface area contributed by atoms with E-state index in [1.807, 2.05) is 42.8 Å². The van der Waals surface area contributed by atoms with E-state index in [1.54, 1.807) is 18.0 Å². The summed E-state index contributed by atoms with van der Waals surface area (Å²) in [6.45, 7) is 5.95. The number of nitrogens with one attached hydrogen (secondary N) is 1. The van der Waals surface area contributed by atoms with Crippen LogP contribution in [0, 0.1) is 25.6 Å². The van der Waals surface area contributed by atoms with Gasteiger partial charge >= 0.3 is 5.69 Å². The lowest BCUT2D eigenvalue weighted by Gasteiger charge is -2.28. The average Bonchev–Trinajstić information content (AvgIpc) is 3.47. The van der Waals surface area contributed by atoms with Gasteiger partial charge in [0.15, 0.2) is 0 Å². The molecule has 38 heavy (non-hydrogen) atoms. The van der Waals surface area contributed by atoms with E-state index in [0.717, 1.165) is 45.0 Å². The molecule has 1 N–H and O–H groups in total. The number of nitrogens with zero attached hydrogens (tertiary/aromatic N) is 4. The van der Waals surface area contributed by atoms with Gasteiger partial charge in [-0.3, -0.25) is 9.36 Å². The molecule has 0 bridgehead atoms. The Hall–Kier alpha value is -4.02. The van der Waals surface area contributed by atoms with E-state index in [1.165, 1.54) is 35.6 Å². The van der Waals surface area contributed by atoms with Crippen LogP contribution in [-0.2, 0) is 6.54 Å². The maximum absolute atomic E-state index is 13.8. The van der Waals surface area contributed by atoms with E-state index < -0.39 is 17.1 Å². The number of rotatable bonds is 6. The smallest absolute Gasteiger partial charge is 0.336 e. The van der Waals surface area contributed by atoms with Crippen molar-refractivity contribution in [2.45, 2.75) is 20.4 Å². The molecule has 0 amide bonds. The molecule has 194 valence electrons. The summed E-state index contributed by atoms with van der Waals surface area (Å²) in [5.74, 6) is 0.526. The van der Waals surface area contributed by atoms with Crippen LogP contribution in [0.5, 0.6) is 5.75 Å². The Bertz CT molecular complexity index is 1790. The normalized spacial score (nSPS) is 13.7. The summed E-state index contributed by atoms with van der Waals surface area (Å²) in [4.78, 5) is 33.4. The lowest BCUT2D eigenvalue weighted by molar-refractivity contribution is 0.305. The highest BCUT2D eigenvalue weighted by Gasteiger charge is 2.25. The molecule has 4 heterocycles. The Balaban J connectivity index is 1.57. The standard InChI is InChI=1S/C28H26FN5O3S/c1-16-13-32(15-31-16)22-9-4-19(10-23(22)37-3)25-17(2)24-26(35)34(21-7-5-20(29)6-8-21)28(36)33(27(24)38-25)14-18-11-30-12-18/h4-10,13,15,18,30H,11-12,14H2,1-3H3.